The molecule has 2 rings (SSSR count). The smallest absolute Gasteiger partial charge is 0.409 e. The number of benzene rings is 1. The van der Waals surface area contributed by atoms with Gasteiger partial charge in [-0.25, -0.2) is 9.18 Å². The van der Waals surface area contributed by atoms with Gasteiger partial charge in [-0.1, -0.05) is 31.1 Å². The highest BCUT2D eigenvalue weighted by Crippen LogP contribution is 2.23. The predicted molar refractivity (Wildman–Crippen MR) is 71.5 cm³/mol. The highest BCUT2D eigenvalue weighted by atomic mass is 19.1. The summed E-state index contributed by atoms with van der Waals surface area (Å²) in [6.07, 6.45) is 4.59. The summed E-state index contributed by atoms with van der Waals surface area (Å²) in [5.74, 6) is 5.97. The van der Waals surface area contributed by atoms with E-state index in [4.69, 9.17) is 5.11 Å². The van der Waals surface area contributed by atoms with Gasteiger partial charge in [0.25, 0.3) is 0 Å². The Hall–Kier alpha value is -2.02. The number of halogens is 1. The molecule has 0 bridgehead atoms. The van der Waals surface area contributed by atoms with E-state index < -0.39 is 11.9 Å². The van der Waals surface area contributed by atoms with Crippen LogP contribution in [0, 0.1) is 23.6 Å². The molecular weight excluding hydrogens is 245 g/mol. The largest absolute Gasteiger partial charge is 0.465 e. The number of amides is 1. The number of anilines is 1. The van der Waals surface area contributed by atoms with Crippen LogP contribution in [0.5, 0.6) is 0 Å². The van der Waals surface area contributed by atoms with Crippen LogP contribution in [0.15, 0.2) is 18.2 Å². The lowest BCUT2D eigenvalue weighted by Crippen LogP contribution is -2.09. The number of hydrogen-bond donors (Lipinski definition) is 2. The van der Waals surface area contributed by atoms with E-state index >= 15 is 0 Å². The first-order valence-corrected chi connectivity index (χ1v) is 6.46. The summed E-state index contributed by atoms with van der Waals surface area (Å²) in [7, 11) is 0. The normalized spacial score (nSPS) is 15.4. The Morgan fingerprint density at radius 2 is 2.05 bits per heavy atom. The number of carboxylic acid groups (broad SMARTS) is 1. The van der Waals surface area contributed by atoms with Crippen LogP contribution in [-0.2, 0) is 0 Å². The molecule has 3 nitrogen and oxygen atoms in total. The number of rotatable bonds is 1. The third-order valence-electron chi connectivity index (χ3n) is 3.24. The van der Waals surface area contributed by atoms with E-state index in [-0.39, 0.29) is 0 Å². The van der Waals surface area contributed by atoms with Crippen LogP contribution in [-0.4, -0.2) is 11.2 Å². The molecule has 0 atom stereocenters. The van der Waals surface area contributed by atoms with Gasteiger partial charge in [0.05, 0.1) is 11.3 Å². The fourth-order valence-electron chi connectivity index (χ4n) is 2.27. The van der Waals surface area contributed by atoms with E-state index in [2.05, 4.69) is 17.2 Å². The summed E-state index contributed by atoms with van der Waals surface area (Å²) in [5.41, 5.74) is 0.727. The maximum atomic E-state index is 13.2. The summed E-state index contributed by atoms with van der Waals surface area (Å²) in [6, 6.07) is 3.88. The van der Waals surface area contributed by atoms with Crippen molar-refractivity contribution in [2.24, 2.45) is 5.92 Å². The second kappa shape index (κ2) is 6.24. The van der Waals surface area contributed by atoms with E-state index in [1.54, 1.807) is 0 Å². The molecule has 0 aliphatic heterocycles. The van der Waals surface area contributed by atoms with Gasteiger partial charge >= 0.3 is 6.09 Å². The maximum absolute atomic E-state index is 13.2. The van der Waals surface area contributed by atoms with Gasteiger partial charge in [0.2, 0.25) is 0 Å². The van der Waals surface area contributed by atoms with E-state index in [0.717, 1.165) is 12.8 Å². The number of nitrogens with one attached hydrogen (secondary N) is 1. The highest BCUT2D eigenvalue weighted by Gasteiger charge is 2.10. The summed E-state index contributed by atoms with van der Waals surface area (Å²) < 4.78 is 13.2. The minimum atomic E-state index is -1.17. The zero-order chi connectivity index (χ0) is 13.7. The third kappa shape index (κ3) is 3.99. The molecular formula is C15H16FNO2. The standard InChI is InChI=1S/C15H16FNO2/c16-13-8-9-14(17-15(18)19)12(10-13)7-6-11-4-2-1-3-5-11/h8-11,17H,1-5H2,(H,18,19). The molecule has 100 valence electrons. The molecule has 19 heavy (non-hydrogen) atoms. The van der Waals surface area contributed by atoms with Gasteiger partial charge in [-0.3, -0.25) is 5.32 Å². The van der Waals surface area contributed by atoms with Gasteiger partial charge < -0.3 is 5.11 Å². The van der Waals surface area contributed by atoms with Gasteiger partial charge in [-0.05, 0) is 31.0 Å². The van der Waals surface area contributed by atoms with Crippen molar-refractivity contribution < 1.29 is 14.3 Å². The minimum absolute atomic E-state index is 0.331. The van der Waals surface area contributed by atoms with Crippen molar-refractivity contribution in [2.75, 3.05) is 5.32 Å². The van der Waals surface area contributed by atoms with Gasteiger partial charge in [-0.2, -0.15) is 0 Å². The predicted octanol–water partition coefficient (Wildman–Crippen LogP) is 3.85. The van der Waals surface area contributed by atoms with Crippen LogP contribution in [0.25, 0.3) is 0 Å². The van der Waals surface area contributed by atoms with Crippen molar-refractivity contribution in [1.82, 2.24) is 0 Å². The molecule has 1 amide bonds. The van der Waals surface area contributed by atoms with E-state index in [1.807, 2.05) is 0 Å². The first-order chi connectivity index (χ1) is 9.15. The van der Waals surface area contributed by atoms with E-state index in [1.165, 1.54) is 37.5 Å². The van der Waals surface area contributed by atoms with Crippen LogP contribution < -0.4 is 5.32 Å². The van der Waals surface area contributed by atoms with Gasteiger partial charge in [0.15, 0.2) is 0 Å². The monoisotopic (exact) mass is 261 g/mol. The maximum Gasteiger partial charge on any atom is 0.409 e. The molecule has 1 aliphatic rings. The number of carbonyl (C=O) groups is 1. The molecule has 0 spiro atoms. The topological polar surface area (TPSA) is 49.3 Å². The molecule has 2 N–H and O–H groups in total. The number of hydrogen-bond acceptors (Lipinski definition) is 1. The van der Waals surface area contributed by atoms with Gasteiger partial charge in [0.1, 0.15) is 5.82 Å². The fraction of sp³-hybridized carbons (Fsp3) is 0.400. The van der Waals surface area contributed by atoms with Crippen molar-refractivity contribution in [2.45, 2.75) is 32.1 Å². The molecule has 1 aliphatic carbocycles. The summed E-state index contributed by atoms with van der Waals surface area (Å²) >= 11 is 0. The lowest BCUT2D eigenvalue weighted by atomic mass is 9.89. The molecule has 4 heteroatoms. The van der Waals surface area contributed by atoms with Crippen molar-refractivity contribution >= 4 is 11.8 Å². The van der Waals surface area contributed by atoms with Crippen molar-refractivity contribution in [1.29, 1.82) is 0 Å². The van der Waals surface area contributed by atoms with Crippen molar-refractivity contribution in [3.05, 3.63) is 29.6 Å². The third-order valence-corrected chi connectivity index (χ3v) is 3.24. The minimum Gasteiger partial charge on any atom is -0.465 e. The van der Waals surface area contributed by atoms with Crippen LogP contribution in [0.1, 0.15) is 37.7 Å². The molecule has 0 aromatic heterocycles. The molecule has 0 heterocycles. The van der Waals surface area contributed by atoms with Crippen LogP contribution in [0.2, 0.25) is 0 Å². The zero-order valence-electron chi connectivity index (χ0n) is 10.6. The lowest BCUT2D eigenvalue weighted by molar-refractivity contribution is 0.209. The Bertz CT molecular complexity index is 525. The van der Waals surface area contributed by atoms with Crippen molar-refractivity contribution in [3.8, 4) is 11.8 Å². The second-order valence-corrected chi connectivity index (χ2v) is 4.72. The Balaban J connectivity index is 2.19. The average Bonchev–Trinajstić information content (AvgIpc) is 2.40. The Labute approximate surface area is 111 Å². The average molecular weight is 261 g/mol. The summed E-state index contributed by atoms with van der Waals surface area (Å²) in [5, 5.41) is 11.0. The molecule has 1 aromatic rings. The molecule has 0 radical (unpaired) electrons. The first kappa shape index (κ1) is 13.4. The fourth-order valence-corrected chi connectivity index (χ4v) is 2.27. The van der Waals surface area contributed by atoms with Gasteiger partial charge in [0, 0.05) is 5.92 Å². The lowest BCUT2D eigenvalue weighted by Gasteiger charge is -2.15. The molecule has 0 unspecified atom stereocenters. The molecule has 1 fully saturated rings. The summed E-state index contributed by atoms with van der Waals surface area (Å²) in [6.45, 7) is 0. The molecule has 1 saturated carbocycles. The second-order valence-electron chi connectivity index (χ2n) is 4.72. The SMILES string of the molecule is O=C(O)Nc1ccc(F)cc1C#CC1CCCCC1. The quantitative estimate of drug-likeness (QED) is 0.754. The van der Waals surface area contributed by atoms with E-state index in [0.29, 0.717) is 17.2 Å². The highest BCUT2D eigenvalue weighted by molar-refractivity contribution is 5.85. The first-order valence-electron chi connectivity index (χ1n) is 6.46. The molecule has 0 saturated heterocycles. The van der Waals surface area contributed by atoms with Crippen LogP contribution in [0.3, 0.4) is 0 Å². The van der Waals surface area contributed by atoms with Gasteiger partial charge in [-0.15, -0.1) is 0 Å². The zero-order valence-corrected chi connectivity index (χ0v) is 10.6. The summed E-state index contributed by atoms with van der Waals surface area (Å²) in [4.78, 5) is 10.7. The Kier molecular flexibility index (Phi) is 4.40. The van der Waals surface area contributed by atoms with Crippen LogP contribution >= 0.6 is 0 Å². The Morgan fingerprint density at radius 3 is 2.74 bits per heavy atom. The Morgan fingerprint density at radius 1 is 1.32 bits per heavy atom. The van der Waals surface area contributed by atoms with Crippen LogP contribution in [0.4, 0.5) is 14.9 Å². The molecule has 1 aromatic carbocycles. The van der Waals surface area contributed by atoms with Crippen molar-refractivity contribution in [3.63, 3.8) is 0 Å². The van der Waals surface area contributed by atoms with E-state index in [9.17, 15) is 9.18 Å².